The van der Waals surface area contributed by atoms with Crippen molar-refractivity contribution in [3.8, 4) is 5.75 Å². The van der Waals surface area contributed by atoms with E-state index in [0.717, 1.165) is 33.5 Å². The molecule has 0 spiro atoms. The Kier molecular flexibility index (Phi) is 10.3. The molecule has 2 heterocycles. The molecule has 0 bridgehead atoms. The Labute approximate surface area is 246 Å². The lowest BCUT2D eigenvalue weighted by Gasteiger charge is -2.08. The molecule has 0 saturated heterocycles. The Balaban J connectivity index is 1.50. The van der Waals surface area contributed by atoms with Crippen LogP contribution in [0.3, 0.4) is 0 Å². The number of hydrogen-bond donors (Lipinski definition) is 1. The van der Waals surface area contributed by atoms with Gasteiger partial charge in [-0.05, 0) is 63.8 Å². The van der Waals surface area contributed by atoms with Crippen molar-refractivity contribution in [1.29, 1.82) is 0 Å². The number of thiophene rings is 1. The molecule has 2 aromatic heterocycles. The van der Waals surface area contributed by atoms with Crippen molar-refractivity contribution in [1.82, 2.24) is 4.57 Å². The number of ether oxygens (including phenoxy) is 3. The highest BCUT2D eigenvalue weighted by Crippen LogP contribution is 2.39. The first-order valence-corrected chi connectivity index (χ1v) is 16.8. The minimum Gasteiger partial charge on any atom is -0.494 e. The number of esters is 1. The van der Waals surface area contributed by atoms with Gasteiger partial charge in [0.05, 0.1) is 35.6 Å². The minimum absolute atomic E-state index is 0.177. The summed E-state index contributed by atoms with van der Waals surface area (Å²) in [7, 11) is -4.15. The number of fused-ring (bicyclic) bond motifs is 2. The average Bonchev–Trinajstić information content (AvgIpc) is 3.56. The second-order valence-corrected chi connectivity index (χ2v) is 13.3. The van der Waals surface area contributed by atoms with Gasteiger partial charge in [0.1, 0.15) is 22.3 Å². The summed E-state index contributed by atoms with van der Waals surface area (Å²) < 4.78 is 44.4. The number of rotatable bonds is 13. The van der Waals surface area contributed by atoms with E-state index in [1.165, 1.54) is 22.7 Å². The summed E-state index contributed by atoms with van der Waals surface area (Å²) in [4.78, 5) is 43.5. The van der Waals surface area contributed by atoms with Crippen LogP contribution in [-0.4, -0.2) is 68.7 Å². The molecule has 11 nitrogen and oxygen atoms in total. The third-order valence-electron chi connectivity index (χ3n) is 6.20. The molecular weight excluding hydrogens is 591 g/mol. The first kappa shape index (κ1) is 30.9. The van der Waals surface area contributed by atoms with E-state index in [4.69, 9.17) is 14.2 Å². The van der Waals surface area contributed by atoms with Gasteiger partial charge >= 0.3 is 5.97 Å². The SMILES string of the molecule is CCOCCn1c(=NC(=O)CS(=O)(=O)CC(=O)Nc2sc3c(c2C(=O)OCC)CCC3)sc2cc(OCC)ccc21. The van der Waals surface area contributed by atoms with Crippen molar-refractivity contribution in [2.24, 2.45) is 4.99 Å². The second kappa shape index (κ2) is 13.7. The van der Waals surface area contributed by atoms with Gasteiger partial charge in [-0.15, -0.1) is 11.3 Å². The lowest BCUT2D eigenvalue weighted by atomic mass is 10.1. The Hall–Kier alpha value is -3.07. The number of carbonyl (C=O) groups is 3. The zero-order chi connectivity index (χ0) is 29.6. The van der Waals surface area contributed by atoms with Crippen LogP contribution in [0.1, 0.15) is 48.0 Å². The topological polar surface area (TPSA) is 142 Å². The first-order chi connectivity index (χ1) is 19.7. The van der Waals surface area contributed by atoms with Gasteiger partial charge in [-0.2, -0.15) is 4.99 Å². The van der Waals surface area contributed by atoms with E-state index in [0.29, 0.717) is 43.3 Å². The normalized spacial score (nSPS) is 13.4. The number of anilines is 1. The number of hydrogen-bond acceptors (Lipinski definition) is 10. The summed E-state index contributed by atoms with van der Waals surface area (Å²) in [5.41, 5.74) is 1.94. The summed E-state index contributed by atoms with van der Waals surface area (Å²) in [6.45, 7) is 7.45. The smallest absolute Gasteiger partial charge is 0.341 e. The number of aryl methyl sites for hydroxylation is 1. The standard InChI is InChI=1S/C27H33N3O8S3/c1-4-36-13-12-30-19-11-10-17(37-5-2)14-21(19)40-27(30)29-23(32)16-41(34,35)15-22(31)28-25-24(26(33)38-6-3)18-8-7-9-20(18)39-25/h10-11,14H,4-9,12-13,15-16H2,1-3H3,(H,28,31). The van der Waals surface area contributed by atoms with E-state index in [2.05, 4.69) is 10.3 Å². The average molecular weight is 624 g/mol. The number of sulfone groups is 1. The molecule has 2 amide bonds. The number of amides is 2. The zero-order valence-corrected chi connectivity index (χ0v) is 25.6. The molecule has 222 valence electrons. The van der Waals surface area contributed by atoms with Crippen LogP contribution in [0, 0.1) is 0 Å². The second-order valence-electron chi connectivity index (χ2n) is 9.16. The van der Waals surface area contributed by atoms with Crippen LogP contribution in [0.25, 0.3) is 10.2 Å². The van der Waals surface area contributed by atoms with Crippen molar-refractivity contribution in [3.05, 3.63) is 39.0 Å². The molecule has 14 heteroatoms. The lowest BCUT2D eigenvalue weighted by Crippen LogP contribution is -2.28. The van der Waals surface area contributed by atoms with Gasteiger partial charge in [0.2, 0.25) is 5.91 Å². The maximum absolute atomic E-state index is 12.8. The third-order valence-corrected chi connectivity index (χ3v) is 9.83. The number of thiazole rings is 1. The molecule has 0 radical (unpaired) electrons. The van der Waals surface area contributed by atoms with Gasteiger partial charge < -0.3 is 24.1 Å². The van der Waals surface area contributed by atoms with Crippen LogP contribution in [-0.2, 0) is 48.3 Å². The van der Waals surface area contributed by atoms with E-state index in [1.807, 2.05) is 32.0 Å². The van der Waals surface area contributed by atoms with Crippen molar-refractivity contribution in [2.75, 3.05) is 43.3 Å². The third kappa shape index (κ3) is 7.61. The quantitative estimate of drug-likeness (QED) is 0.226. The summed E-state index contributed by atoms with van der Waals surface area (Å²) in [6, 6.07) is 5.52. The number of carbonyl (C=O) groups excluding carboxylic acids is 3. The zero-order valence-electron chi connectivity index (χ0n) is 23.2. The predicted molar refractivity (Wildman–Crippen MR) is 158 cm³/mol. The predicted octanol–water partition coefficient (Wildman–Crippen LogP) is 3.35. The van der Waals surface area contributed by atoms with E-state index in [-0.39, 0.29) is 17.2 Å². The number of nitrogens with zero attached hydrogens (tertiary/aromatic N) is 2. The fraction of sp³-hybridized carbons (Fsp3) is 0.481. The summed E-state index contributed by atoms with van der Waals surface area (Å²) in [5, 5.41) is 2.83. The van der Waals surface area contributed by atoms with Crippen molar-refractivity contribution in [2.45, 2.75) is 46.6 Å². The fourth-order valence-corrected chi connectivity index (χ4v) is 7.97. The molecule has 0 unspecified atom stereocenters. The number of nitrogens with one attached hydrogen (secondary N) is 1. The van der Waals surface area contributed by atoms with Gasteiger partial charge in [0.15, 0.2) is 14.6 Å². The van der Waals surface area contributed by atoms with Crippen molar-refractivity contribution < 1.29 is 37.0 Å². The largest absolute Gasteiger partial charge is 0.494 e. The molecule has 1 aliphatic rings. The molecule has 1 aromatic carbocycles. The summed E-state index contributed by atoms with van der Waals surface area (Å²) in [6.07, 6.45) is 2.38. The first-order valence-electron chi connectivity index (χ1n) is 13.4. The molecule has 0 fully saturated rings. The van der Waals surface area contributed by atoms with Crippen LogP contribution in [0.2, 0.25) is 0 Å². The highest BCUT2D eigenvalue weighted by Gasteiger charge is 2.29. The van der Waals surface area contributed by atoms with Crippen LogP contribution in [0.4, 0.5) is 5.00 Å². The molecule has 0 aliphatic heterocycles. The van der Waals surface area contributed by atoms with E-state index in [1.54, 1.807) is 11.5 Å². The van der Waals surface area contributed by atoms with Gasteiger partial charge in [-0.1, -0.05) is 11.3 Å². The molecule has 1 N–H and O–H groups in total. The van der Waals surface area contributed by atoms with Crippen LogP contribution >= 0.6 is 22.7 Å². The Morgan fingerprint density at radius 1 is 1.05 bits per heavy atom. The summed E-state index contributed by atoms with van der Waals surface area (Å²) >= 11 is 2.49. The molecule has 0 atom stereocenters. The number of benzene rings is 1. The highest BCUT2D eigenvalue weighted by atomic mass is 32.2. The van der Waals surface area contributed by atoms with Gasteiger partial charge in [-0.25, -0.2) is 13.2 Å². The molecule has 41 heavy (non-hydrogen) atoms. The Bertz CT molecular complexity index is 1620. The van der Waals surface area contributed by atoms with Crippen LogP contribution in [0.15, 0.2) is 23.2 Å². The molecule has 3 aromatic rings. The lowest BCUT2D eigenvalue weighted by molar-refractivity contribution is -0.115. The van der Waals surface area contributed by atoms with Gasteiger partial charge in [0, 0.05) is 18.0 Å². The maximum Gasteiger partial charge on any atom is 0.341 e. The van der Waals surface area contributed by atoms with E-state index >= 15 is 0 Å². The minimum atomic E-state index is -4.15. The number of aromatic nitrogens is 1. The molecule has 0 saturated carbocycles. The van der Waals surface area contributed by atoms with Crippen LogP contribution in [0.5, 0.6) is 5.75 Å². The van der Waals surface area contributed by atoms with Gasteiger partial charge in [-0.3, -0.25) is 9.59 Å². The fourth-order valence-electron chi connectivity index (χ4n) is 4.56. The van der Waals surface area contributed by atoms with Crippen molar-refractivity contribution in [3.63, 3.8) is 0 Å². The molecule has 4 rings (SSSR count). The maximum atomic E-state index is 12.8. The molecule has 1 aliphatic carbocycles. The van der Waals surface area contributed by atoms with Crippen molar-refractivity contribution >= 4 is 65.5 Å². The Morgan fingerprint density at radius 2 is 1.85 bits per heavy atom. The van der Waals surface area contributed by atoms with E-state index in [9.17, 15) is 22.8 Å². The van der Waals surface area contributed by atoms with Gasteiger partial charge in [0.25, 0.3) is 5.91 Å². The highest BCUT2D eigenvalue weighted by molar-refractivity contribution is 7.92. The monoisotopic (exact) mass is 623 g/mol. The Morgan fingerprint density at radius 3 is 2.59 bits per heavy atom. The molecular formula is C27H33N3O8S3. The summed E-state index contributed by atoms with van der Waals surface area (Å²) in [5.74, 6) is -3.45. The van der Waals surface area contributed by atoms with Crippen LogP contribution < -0.4 is 14.9 Å². The van der Waals surface area contributed by atoms with E-state index < -0.39 is 39.1 Å².